The van der Waals surface area contributed by atoms with Crippen molar-refractivity contribution in [2.24, 2.45) is 12.2 Å². The summed E-state index contributed by atoms with van der Waals surface area (Å²) in [5, 5.41) is 10.6. The Kier molecular flexibility index (Phi) is 3.27. The monoisotopic (exact) mass is 294 g/mol. The second-order valence-corrected chi connectivity index (χ2v) is 6.75. The van der Waals surface area contributed by atoms with Crippen molar-refractivity contribution < 1.29 is 8.42 Å². The molecule has 0 radical (unpaired) electrons. The van der Waals surface area contributed by atoms with Gasteiger partial charge in [0.2, 0.25) is 0 Å². The molecule has 0 aliphatic carbocycles. The molecular weight excluding hydrogens is 276 g/mol. The number of aryl methyl sites for hydroxylation is 1. The fraction of sp³-hybridized carbons (Fsp3) is 0.462. The first-order valence-corrected chi connectivity index (χ1v) is 8.18. The van der Waals surface area contributed by atoms with Crippen LogP contribution in [0.15, 0.2) is 24.4 Å². The Balaban J connectivity index is 2.05. The molecule has 0 spiro atoms. The van der Waals surface area contributed by atoms with E-state index in [0.29, 0.717) is 6.54 Å². The van der Waals surface area contributed by atoms with Gasteiger partial charge in [0, 0.05) is 19.0 Å². The number of hydrogen-bond acceptors (Lipinski definition) is 3. The molecule has 3 rings (SSSR count). The van der Waals surface area contributed by atoms with E-state index in [2.05, 4.69) is 5.10 Å². The zero-order valence-electron chi connectivity index (χ0n) is 11.4. The SMILES string of the molecule is Cn1ncc2ccc(C3CCCCN3S(N)(=O)=O)cc21. The Labute approximate surface area is 118 Å². The molecule has 2 aromatic rings. The molecule has 0 bridgehead atoms. The zero-order valence-corrected chi connectivity index (χ0v) is 12.2. The Hall–Kier alpha value is -1.44. The van der Waals surface area contributed by atoms with Crippen molar-refractivity contribution in [3.8, 4) is 0 Å². The van der Waals surface area contributed by atoms with Gasteiger partial charge in [-0.25, -0.2) is 5.14 Å². The number of hydrogen-bond donors (Lipinski definition) is 1. The summed E-state index contributed by atoms with van der Waals surface area (Å²) in [6.07, 6.45) is 4.48. The van der Waals surface area contributed by atoms with Crippen LogP contribution < -0.4 is 5.14 Å². The van der Waals surface area contributed by atoms with Crippen LogP contribution in [0.3, 0.4) is 0 Å². The highest BCUT2D eigenvalue weighted by Gasteiger charge is 2.31. The van der Waals surface area contributed by atoms with Crippen LogP contribution in [-0.2, 0) is 17.3 Å². The predicted molar refractivity (Wildman–Crippen MR) is 77.1 cm³/mol. The largest absolute Gasteiger partial charge is 0.277 e. The van der Waals surface area contributed by atoms with E-state index in [1.54, 1.807) is 10.9 Å². The molecule has 1 saturated heterocycles. The smallest absolute Gasteiger partial charge is 0.268 e. The van der Waals surface area contributed by atoms with Crippen LogP contribution in [-0.4, -0.2) is 29.0 Å². The maximum Gasteiger partial charge on any atom is 0.277 e. The minimum absolute atomic E-state index is 0.168. The van der Waals surface area contributed by atoms with Gasteiger partial charge >= 0.3 is 0 Å². The molecule has 2 N–H and O–H groups in total. The van der Waals surface area contributed by atoms with E-state index in [0.717, 1.165) is 35.7 Å². The first kappa shape index (κ1) is 13.5. The summed E-state index contributed by atoms with van der Waals surface area (Å²) in [5.74, 6) is 0. The van der Waals surface area contributed by atoms with Gasteiger partial charge in [0.25, 0.3) is 10.2 Å². The number of rotatable bonds is 2. The number of nitrogens with two attached hydrogens (primary N) is 1. The number of piperidine rings is 1. The predicted octanol–water partition coefficient (Wildman–Crippen LogP) is 1.30. The van der Waals surface area contributed by atoms with Crippen molar-refractivity contribution in [2.45, 2.75) is 25.3 Å². The van der Waals surface area contributed by atoms with Crippen molar-refractivity contribution in [2.75, 3.05) is 6.54 Å². The quantitative estimate of drug-likeness (QED) is 0.906. The van der Waals surface area contributed by atoms with Crippen molar-refractivity contribution in [1.82, 2.24) is 14.1 Å². The Morgan fingerprint density at radius 2 is 2.15 bits per heavy atom. The highest BCUT2D eigenvalue weighted by atomic mass is 32.2. The van der Waals surface area contributed by atoms with Gasteiger partial charge in [-0.2, -0.15) is 17.8 Å². The highest BCUT2D eigenvalue weighted by molar-refractivity contribution is 7.86. The highest BCUT2D eigenvalue weighted by Crippen LogP contribution is 2.33. The molecule has 20 heavy (non-hydrogen) atoms. The van der Waals surface area contributed by atoms with Gasteiger partial charge < -0.3 is 0 Å². The molecule has 1 aliphatic heterocycles. The summed E-state index contributed by atoms with van der Waals surface area (Å²) < 4.78 is 26.7. The van der Waals surface area contributed by atoms with Crippen LogP contribution in [0.5, 0.6) is 0 Å². The molecule has 0 amide bonds. The second kappa shape index (κ2) is 4.83. The lowest BCUT2D eigenvalue weighted by atomic mass is 9.97. The number of nitrogens with zero attached hydrogens (tertiary/aromatic N) is 3. The van der Waals surface area contributed by atoms with Crippen LogP contribution >= 0.6 is 0 Å². The van der Waals surface area contributed by atoms with Crippen molar-refractivity contribution in [3.05, 3.63) is 30.0 Å². The molecule has 1 aromatic carbocycles. The molecule has 1 atom stereocenters. The topological polar surface area (TPSA) is 81.2 Å². The third-order valence-electron chi connectivity index (χ3n) is 3.94. The lowest BCUT2D eigenvalue weighted by molar-refractivity contribution is 0.256. The number of aromatic nitrogens is 2. The van der Waals surface area contributed by atoms with Crippen LogP contribution in [0, 0.1) is 0 Å². The first-order chi connectivity index (χ1) is 9.47. The molecule has 1 fully saturated rings. The Morgan fingerprint density at radius 3 is 2.90 bits per heavy atom. The average Bonchev–Trinajstić information content (AvgIpc) is 2.79. The second-order valence-electron chi connectivity index (χ2n) is 5.25. The van der Waals surface area contributed by atoms with Gasteiger partial charge in [0.15, 0.2) is 0 Å². The van der Waals surface area contributed by atoms with E-state index in [4.69, 9.17) is 5.14 Å². The van der Waals surface area contributed by atoms with E-state index in [9.17, 15) is 8.42 Å². The maximum absolute atomic E-state index is 11.7. The third-order valence-corrected chi connectivity index (χ3v) is 5.03. The zero-order chi connectivity index (χ0) is 14.3. The van der Waals surface area contributed by atoms with Crippen molar-refractivity contribution >= 4 is 21.1 Å². The van der Waals surface area contributed by atoms with Gasteiger partial charge in [-0.15, -0.1) is 0 Å². The van der Waals surface area contributed by atoms with Crippen molar-refractivity contribution in [1.29, 1.82) is 0 Å². The molecule has 0 saturated carbocycles. The van der Waals surface area contributed by atoms with Crippen LogP contribution in [0.25, 0.3) is 10.9 Å². The fourth-order valence-electron chi connectivity index (χ4n) is 2.91. The maximum atomic E-state index is 11.7. The van der Waals surface area contributed by atoms with E-state index < -0.39 is 10.2 Å². The normalized spacial score (nSPS) is 21.4. The minimum atomic E-state index is -3.66. The lowest BCUT2D eigenvalue weighted by Crippen LogP contribution is -2.42. The molecule has 1 unspecified atom stereocenters. The average molecular weight is 294 g/mol. The molecule has 2 heterocycles. The molecule has 1 aliphatic rings. The molecule has 1 aromatic heterocycles. The molecule has 6 nitrogen and oxygen atoms in total. The number of benzene rings is 1. The first-order valence-electron chi connectivity index (χ1n) is 6.68. The summed E-state index contributed by atoms with van der Waals surface area (Å²) in [5.41, 5.74) is 1.98. The Bertz CT molecular complexity index is 738. The van der Waals surface area contributed by atoms with Gasteiger partial charge in [0.05, 0.1) is 17.8 Å². The fourth-order valence-corrected chi connectivity index (χ4v) is 3.88. The third kappa shape index (κ3) is 2.32. The van der Waals surface area contributed by atoms with E-state index in [-0.39, 0.29) is 6.04 Å². The van der Waals surface area contributed by atoms with Gasteiger partial charge in [-0.3, -0.25) is 4.68 Å². The van der Waals surface area contributed by atoms with Crippen LogP contribution in [0.1, 0.15) is 30.9 Å². The van der Waals surface area contributed by atoms with E-state index in [1.807, 2.05) is 25.2 Å². The van der Waals surface area contributed by atoms with E-state index >= 15 is 0 Å². The Morgan fingerprint density at radius 1 is 1.35 bits per heavy atom. The summed E-state index contributed by atoms with van der Waals surface area (Å²) in [7, 11) is -1.78. The summed E-state index contributed by atoms with van der Waals surface area (Å²) in [6, 6.07) is 5.79. The molecule has 108 valence electrons. The van der Waals surface area contributed by atoms with Crippen LogP contribution in [0.4, 0.5) is 0 Å². The van der Waals surface area contributed by atoms with Crippen molar-refractivity contribution in [3.63, 3.8) is 0 Å². The van der Waals surface area contributed by atoms with Gasteiger partial charge in [-0.05, 0) is 24.5 Å². The lowest BCUT2D eigenvalue weighted by Gasteiger charge is -2.33. The molecule has 7 heteroatoms. The minimum Gasteiger partial charge on any atom is -0.268 e. The van der Waals surface area contributed by atoms with Crippen LogP contribution in [0.2, 0.25) is 0 Å². The number of fused-ring (bicyclic) bond motifs is 1. The van der Waals surface area contributed by atoms with Gasteiger partial charge in [0.1, 0.15) is 0 Å². The van der Waals surface area contributed by atoms with E-state index in [1.165, 1.54) is 4.31 Å². The summed E-state index contributed by atoms with van der Waals surface area (Å²) in [4.78, 5) is 0. The standard InChI is InChI=1S/C13H18N4O2S/c1-16-13-8-10(5-6-11(13)9-15-16)12-4-2-3-7-17(12)20(14,18)19/h5-6,8-9,12H,2-4,7H2,1H3,(H2,14,18,19). The summed E-state index contributed by atoms with van der Waals surface area (Å²) >= 11 is 0. The molecular formula is C13H18N4O2S. The summed E-state index contributed by atoms with van der Waals surface area (Å²) in [6.45, 7) is 0.493. The van der Waals surface area contributed by atoms with Gasteiger partial charge in [-0.1, -0.05) is 18.6 Å².